The van der Waals surface area contributed by atoms with Crippen molar-refractivity contribution >= 4 is 5.91 Å². The topological polar surface area (TPSA) is 71.3 Å². The highest BCUT2D eigenvalue weighted by atomic mass is 16.5. The van der Waals surface area contributed by atoms with E-state index < -0.39 is 0 Å². The zero-order valence-electron chi connectivity index (χ0n) is 17.4. The lowest BCUT2D eigenvalue weighted by Crippen LogP contribution is -2.45. The second-order valence-corrected chi connectivity index (χ2v) is 8.65. The highest BCUT2D eigenvalue weighted by Crippen LogP contribution is 2.22. The lowest BCUT2D eigenvalue weighted by atomic mass is 9.96. The number of rotatable bonds is 5. The van der Waals surface area contributed by atoms with Gasteiger partial charge in [-0.2, -0.15) is 4.98 Å². The molecule has 6 heteroatoms. The van der Waals surface area contributed by atoms with Crippen LogP contribution in [-0.2, 0) is 11.3 Å². The summed E-state index contributed by atoms with van der Waals surface area (Å²) in [5, 5.41) is 7.47. The molecule has 0 radical (unpaired) electrons. The van der Waals surface area contributed by atoms with Crippen LogP contribution in [0.2, 0.25) is 0 Å². The molecule has 0 bridgehead atoms. The molecule has 1 unspecified atom stereocenters. The minimum absolute atomic E-state index is 0.0613. The fourth-order valence-corrected chi connectivity index (χ4v) is 4.57. The van der Waals surface area contributed by atoms with Gasteiger partial charge in [-0.25, -0.2) is 0 Å². The molecule has 1 amide bonds. The highest BCUT2D eigenvalue weighted by Gasteiger charge is 2.28. The molecule has 1 aromatic carbocycles. The van der Waals surface area contributed by atoms with E-state index in [-0.39, 0.29) is 11.8 Å². The number of carbonyl (C=O) groups is 1. The van der Waals surface area contributed by atoms with Gasteiger partial charge in [0.25, 0.3) is 0 Å². The lowest BCUT2D eigenvalue weighted by molar-refractivity contribution is -0.127. The number of nitrogens with zero attached hydrogens (tertiary/aromatic N) is 3. The molecular formula is C23H32N4O2. The molecule has 1 atom stereocenters. The Morgan fingerprint density at radius 1 is 1.17 bits per heavy atom. The Labute approximate surface area is 173 Å². The average molecular weight is 397 g/mol. The molecule has 4 rings (SSSR count). The predicted molar refractivity (Wildman–Crippen MR) is 112 cm³/mol. The molecule has 1 saturated heterocycles. The van der Waals surface area contributed by atoms with Gasteiger partial charge in [0.2, 0.25) is 17.6 Å². The first-order valence-corrected chi connectivity index (χ1v) is 11.1. The van der Waals surface area contributed by atoms with E-state index in [0.717, 1.165) is 44.3 Å². The van der Waals surface area contributed by atoms with E-state index in [1.807, 2.05) is 12.1 Å². The number of carbonyl (C=O) groups excluding carboxylic acids is 1. The number of piperidine rings is 1. The number of benzene rings is 1. The molecule has 1 N–H and O–H groups in total. The Balaban J connectivity index is 1.32. The van der Waals surface area contributed by atoms with Gasteiger partial charge < -0.3 is 9.84 Å². The molecule has 156 valence electrons. The SMILES string of the molecule is Cc1cccc(-c2noc(CN3CCCC(C(=O)NC4CCCCCC4)C3)n2)c1. The van der Waals surface area contributed by atoms with Gasteiger partial charge in [0.15, 0.2) is 0 Å². The molecule has 2 aromatic rings. The summed E-state index contributed by atoms with van der Waals surface area (Å²) in [6, 6.07) is 8.48. The summed E-state index contributed by atoms with van der Waals surface area (Å²) in [4.78, 5) is 19.7. The van der Waals surface area contributed by atoms with Crippen LogP contribution in [0.25, 0.3) is 11.4 Å². The van der Waals surface area contributed by atoms with Crippen molar-refractivity contribution in [1.29, 1.82) is 0 Å². The summed E-state index contributed by atoms with van der Waals surface area (Å²) in [5.74, 6) is 1.54. The van der Waals surface area contributed by atoms with Crippen LogP contribution in [0.1, 0.15) is 62.8 Å². The van der Waals surface area contributed by atoms with Crippen LogP contribution in [0.5, 0.6) is 0 Å². The molecule has 1 aliphatic heterocycles. The van der Waals surface area contributed by atoms with Gasteiger partial charge in [-0.3, -0.25) is 9.69 Å². The first-order valence-electron chi connectivity index (χ1n) is 11.1. The largest absolute Gasteiger partial charge is 0.353 e. The smallest absolute Gasteiger partial charge is 0.241 e. The van der Waals surface area contributed by atoms with Crippen molar-refractivity contribution < 1.29 is 9.32 Å². The minimum atomic E-state index is 0.0613. The van der Waals surface area contributed by atoms with Crippen LogP contribution in [0.15, 0.2) is 28.8 Å². The molecule has 2 heterocycles. The maximum atomic E-state index is 12.8. The van der Waals surface area contributed by atoms with Gasteiger partial charge in [-0.1, -0.05) is 54.6 Å². The molecule has 29 heavy (non-hydrogen) atoms. The second-order valence-electron chi connectivity index (χ2n) is 8.65. The lowest BCUT2D eigenvalue weighted by Gasteiger charge is -2.31. The van der Waals surface area contributed by atoms with Gasteiger partial charge >= 0.3 is 0 Å². The Morgan fingerprint density at radius 2 is 2.00 bits per heavy atom. The van der Waals surface area contributed by atoms with Crippen molar-refractivity contribution in [1.82, 2.24) is 20.4 Å². The Hall–Kier alpha value is -2.21. The molecule has 2 fully saturated rings. The quantitative estimate of drug-likeness (QED) is 0.771. The molecule has 2 aliphatic rings. The number of aromatic nitrogens is 2. The van der Waals surface area contributed by atoms with Gasteiger partial charge in [-0.15, -0.1) is 0 Å². The van der Waals surface area contributed by atoms with Gasteiger partial charge in [0.1, 0.15) is 0 Å². The van der Waals surface area contributed by atoms with Crippen LogP contribution in [-0.4, -0.2) is 40.1 Å². The third kappa shape index (κ3) is 5.44. The third-order valence-electron chi connectivity index (χ3n) is 6.18. The molecule has 1 aliphatic carbocycles. The predicted octanol–water partition coefficient (Wildman–Crippen LogP) is 4.10. The zero-order chi connectivity index (χ0) is 20.1. The summed E-state index contributed by atoms with van der Waals surface area (Å²) < 4.78 is 5.49. The van der Waals surface area contributed by atoms with Crippen molar-refractivity contribution in [2.75, 3.05) is 13.1 Å². The van der Waals surface area contributed by atoms with Gasteiger partial charge in [-0.05, 0) is 45.2 Å². The van der Waals surface area contributed by atoms with Crippen molar-refractivity contribution in [3.8, 4) is 11.4 Å². The molecular weight excluding hydrogens is 364 g/mol. The van der Waals surface area contributed by atoms with Crippen molar-refractivity contribution in [3.05, 3.63) is 35.7 Å². The van der Waals surface area contributed by atoms with Crippen LogP contribution in [0, 0.1) is 12.8 Å². The molecule has 0 spiro atoms. The van der Waals surface area contributed by atoms with Crippen LogP contribution in [0.3, 0.4) is 0 Å². The highest BCUT2D eigenvalue weighted by molar-refractivity contribution is 5.79. The maximum absolute atomic E-state index is 12.8. The van der Waals surface area contributed by atoms with Crippen molar-refractivity contribution in [2.24, 2.45) is 5.92 Å². The number of amides is 1. The Kier molecular flexibility index (Phi) is 6.60. The monoisotopic (exact) mass is 396 g/mol. The summed E-state index contributed by atoms with van der Waals surface area (Å²) in [6.07, 6.45) is 9.34. The van der Waals surface area contributed by atoms with E-state index in [0.29, 0.717) is 24.3 Å². The molecule has 6 nitrogen and oxygen atoms in total. The number of hydrogen-bond acceptors (Lipinski definition) is 5. The normalized spacial score (nSPS) is 21.6. The molecule has 1 saturated carbocycles. The fourth-order valence-electron chi connectivity index (χ4n) is 4.57. The average Bonchev–Trinajstić information content (AvgIpc) is 3.04. The number of aryl methyl sites for hydroxylation is 1. The summed E-state index contributed by atoms with van der Waals surface area (Å²) >= 11 is 0. The van der Waals surface area contributed by atoms with Crippen molar-refractivity contribution in [3.63, 3.8) is 0 Å². The van der Waals surface area contributed by atoms with Gasteiger partial charge in [0, 0.05) is 18.2 Å². The first kappa shape index (κ1) is 20.1. The Morgan fingerprint density at radius 3 is 2.79 bits per heavy atom. The summed E-state index contributed by atoms with van der Waals surface area (Å²) in [7, 11) is 0. The van der Waals surface area contributed by atoms with E-state index in [1.54, 1.807) is 0 Å². The maximum Gasteiger partial charge on any atom is 0.241 e. The van der Waals surface area contributed by atoms with E-state index >= 15 is 0 Å². The number of nitrogens with one attached hydrogen (secondary N) is 1. The standard InChI is InChI=1S/C23H32N4O2/c1-17-8-6-9-18(14-17)22-25-21(29-26-22)16-27-13-7-10-19(15-27)23(28)24-20-11-4-2-3-5-12-20/h6,8-9,14,19-20H,2-5,7,10-13,15-16H2,1H3,(H,24,28). The van der Waals surface area contributed by atoms with E-state index in [2.05, 4.69) is 39.4 Å². The van der Waals surface area contributed by atoms with Crippen molar-refractivity contribution in [2.45, 2.75) is 70.9 Å². The number of hydrogen-bond donors (Lipinski definition) is 1. The molecule has 1 aromatic heterocycles. The third-order valence-corrected chi connectivity index (χ3v) is 6.18. The Bertz CT molecular complexity index is 811. The number of likely N-dealkylation sites (tertiary alicyclic amines) is 1. The minimum Gasteiger partial charge on any atom is -0.353 e. The summed E-state index contributed by atoms with van der Waals surface area (Å²) in [5.41, 5.74) is 2.15. The zero-order valence-corrected chi connectivity index (χ0v) is 17.4. The van der Waals surface area contributed by atoms with Crippen LogP contribution in [0.4, 0.5) is 0 Å². The van der Waals surface area contributed by atoms with E-state index in [1.165, 1.54) is 31.2 Å². The summed E-state index contributed by atoms with van der Waals surface area (Å²) in [6.45, 7) is 4.39. The van der Waals surface area contributed by atoms with Crippen LogP contribution >= 0.6 is 0 Å². The van der Waals surface area contributed by atoms with Gasteiger partial charge in [0.05, 0.1) is 12.5 Å². The second kappa shape index (κ2) is 9.53. The fraction of sp³-hybridized carbons (Fsp3) is 0.609. The van der Waals surface area contributed by atoms with E-state index in [9.17, 15) is 4.79 Å². The van der Waals surface area contributed by atoms with E-state index in [4.69, 9.17) is 4.52 Å². The first-order chi connectivity index (χ1) is 14.2. The van der Waals surface area contributed by atoms with Crippen LogP contribution < -0.4 is 5.32 Å².